The van der Waals surface area contributed by atoms with E-state index in [1.165, 1.54) is 0 Å². The van der Waals surface area contributed by atoms with Gasteiger partial charge in [0.1, 0.15) is 0 Å². The molecule has 0 atom stereocenters. The van der Waals surface area contributed by atoms with Gasteiger partial charge in [0.15, 0.2) is 0 Å². The van der Waals surface area contributed by atoms with Gasteiger partial charge in [0.05, 0.1) is 0 Å². The minimum Gasteiger partial charge on any atom is -0.348 e. The Morgan fingerprint density at radius 3 is 2.00 bits per heavy atom. The van der Waals surface area contributed by atoms with E-state index in [1.807, 2.05) is 43.3 Å². The summed E-state index contributed by atoms with van der Waals surface area (Å²) in [6, 6.07) is 18.4. The Balaban J connectivity index is 1.60. The SMILES string of the molecule is Cc1cccc(CNC(=O)c2cccc(C(=O)NCc3ccncc3)c2)c1. The summed E-state index contributed by atoms with van der Waals surface area (Å²) in [5, 5.41) is 5.74. The molecule has 0 aliphatic heterocycles. The van der Waals surface area contributed by atoms with Crippen molar-refractivity contribution in [2.45, 2.75) is 20.0 Å². The lowest BCUT2D eigenvalue weighted by atomic mass is 10.1. The summed E-state index contributed by atoms with van der Waals surface area (Å²) >= 11 is 0. The molecule has 5 heteroatoms. The molecule has 5 nitrogen and oxygen atoms in total. The highest BCUT2D eigenvalue weighted by molar-refractivity contribution is 5.99. The van der Waals surface area contributed by atoms with Crippen LogP contribution in [-0.2, 0) is 13.1 Å². The summed E-state index contributed by atoms with van der Waals surface area (Å²) < 4.78 is 0. The van der Waals surface area contributed by atoms with Crippen molar-refractivity contribution in [3.05, 3.63) is 101 Å². The van der Waals surface area contributed by atoms with Crippen LogP contribution < -0.4 is 10.6 Å². The molecule has 2 N–H and O–H groups in total. The van der Waals surface area contributed by atoms with E-state index in [0.29, 0.717) is 24.2 Å². The van der Waals surface area contributed by atoms with Crippen molar-refractivity contribution in [1.29, 1.82) is 0 Å². The van der Waals surface area contributed by atoms with Crippen molar-refractivity contribution in [2.24, 2.45) is 0 Å². The Bertz CT molecular complexity index is 939. The van der Waals surface area contributed by atoms with Crippen LogP contribution >= 0.6 is 0 Å². The van der Waals surface area contributed by atoms with Crippen molar-refractivity contribution in [1.82, 2.24) is 15.6 Å². The second-order valence-corrected chi connectivity index (χ2v) is 6.29. The van der Waals surface area contributed by atoms with E-state index in [2.05, 4.69) is 15.6 Å². The van der Waals surface area contributed by atoms with Crippen LogP contribution in [0.2, 0.25) is 0 Å². The van der Waals surface area contributed by atoms with Crippen LogP contribution in [0.25, 0.3) is 0 Å². The van der Waals surface area contributed by atoms with Crippen LogP contribution in [0.5, 0.6) is 0 Å². The molecule has 1 heterocycles. The number of rotatable bonds is 6. The summed E-state index contributed by atoms with van der Waals surface area (Å²) in [4.78, 5) is 28.7. The van der Waals surface area contributed by atoms with E-state index in [0.717, 1.165) is 16.7 Å². The molecule has 0 saturated heterocycles. The first-order valence-electron chi connectivity index (χ1n) is 8.73. The number of hydrogen-bond donors (Lipinski definition) is 2. The average Bonchev–Trinajstić information content (AvgIpc) is 2.71. The molecule has 0 aliphatic rings. The van der Waals surface area contributed by atoms with E-state index in [-0.39, 0.29) is 11.8 Å². The number of carbonyl (C=O) groups is 2. The lowest BCUT2D eigenvalue weighted by Gasteiger charge is -2.09. The highest BCUT2D eigenvalue weighted by Crippen LogP contribution is 2.08. The highest BCUT2D eigenvalue weighted by Gasteiger charge is 2.10. The zero-order valence-electron chi connectivity index (χ0n) is 15.1. The van der Waals surface area contributed by atoms with E-state index in [1.54, 1.807) is 36.7 Å². The molecule has 2 aromatic carbocycles. The van der Waals surface area contributed by atoms with Gasteiger partial charge in [-0.15, -0.1) is 0 Å². The van der Waals surface area contributed by atoms with E-state index in [4.69, 9.17) is 0 Å². The summed E-state index contributed by atoms with van der Waals surface area (Å²) in [6.07, 6.45) is 3.36. The average molecular weight is 359 g/mol. The van der Waals surface area contributed by atoms with Gasteiger partial charge in [0.2, 0.25) is 0 Å². The van der Waals surface area contributed by atoms with Gasteiger partial charge in [0, 0.05) is 36.6 Å². The molecule has 0 bridgehead atoms. The maximum atomic E-state index is 12.4. The van der Waals surface area contributed by atoms with E-state index >= 15 is 0 Å². The van der Waals surface area contributed by atoms with E-state index in [9.17, 15) is 9.59 Å². The lowest BCUT2D eigenvalue weighted by Crippen LogP contribution is -2.25. The number of amides is 2. The topological polar surface area (TPSA) is 71.1 Å². The van der Waals surface area contributed by atoms with Crippen LogP contribution in [0, 0.1) is 6.92 Å². The van der Waals surface area contributed by atoms with Crippen molar-refractivity contribution in [3.63, 3.8) is 0 Å². The molecule has 136 valence electrons. The molecule has 3 rings (SSSR count). The number of carbonyl (C=O) groups excluding carboxylic acids is 2. The number of aromatic nitrogens is 1. The fourth-order valence-corrected chi connectivity index (χ4v) is 2.69. The standard InChI is InChI=1S/C22H21N3O2/c1-16-4-2-5-18(12-16)15-25-22(27)20-7-3-6-19(13-20)21(26)24-14-17-8-10-23-11-9-17/h2-13H,14-15H2,1H3,(H,24,26)(H,25,27). The van der Waals surface area contributed by atoms with Crippen LogP contribution in [0.15, 0.2) is 73.1 Å². The van der Waals surface area contributed by atoms with Crippen LogP contribution in [0.4, 0.5) is 0 Å². The number of pyridine rings is 1. The van der Waals surface area contributed by atoms with Crippen molar-refractivity contribution in [2.75, 3.05) is 0 Å². The minimum absolute atomic E-state index is 0.208. The molecule has 2 amide bonds. The number of aryl methyl sites for hydroxylation is 1. The Morgan fingerprint density at radius 1 is 0.778 bits per heavy atom. The third-order valence-corrected chi connectivity index (χ3v) is 4.12. The van der Waals surface area contributed by atoms with Crippen molar-refractivity contribution < 1.29 is 9.59 Å². The fraction of sp³-hybridized carbons (Fsp3) is 0.136. The highest BCUT2D eigenvalue weighted by atomic mass is 16.2. The molecule has 0 fully saturated rings. The monoisotopic (exact) mass is 359 g/mol. The number of benzene rings is 2. The Hall–Kier alpha value is -3.47. The fourth-order valence-electron chi connectivity index (χ4n) is 2.69. The van der Waals surface area contributed by atoms with Crippen molar-refractivity contribution in [3.8, 4) is 0 Å². The predicted octanol–water partition coefficient (Wildman–Crippen LogP) is 3.25. The maximum Gasteiger partial charge on any atom is 0.251 e. The predicted molar refractivity (Wildman–Crippen MR) is 104 cm³/mol. The zero-order chi connectivity index (χ0) is 19.1. The van der Waals surface area contributed by atoms with Crippen LogP contribution in [0.3, 0.4) is 0 Å². The van der Waals surface area contributed by atoms with Gasteiger partial charge in [0.25, 0.3) is 11.8 Å². The molecule has 0 aliphatic carbocycles. The first-order valence-corrected chi connectivity index (χ1v) is 8.73. The summed E-state index contributed by atoms with van der Waals surface area (Å²) in [5.41, 5.74) is 4.06. The number of hydrogen-bond acceptors (Lipinski definition) is 3. The second-order valence-electron chi connectivity index (χ2n) is 6.29. The minimum atomic E-state index is -0.222. The van der Waals surface area contributed by atoms with Gasteiger partial charge in [-0.1, -0.05) is 35.9 Å². The lowest BCUT2D eigenvalue weighted by molar-refractivity contribution is 0.0950. The Morgan fingerprint density at radius 2 is 1.37 bits per heavy atom. The van der Waals surface area contributed by atoms with Gasteiger partial charge >= 0.3 is 0 Å². The molecule has 0 radical (unpaired) electrons. The zero-order valence-corrected chi connectivity index (χ0v) is 15.1. The largest absolute Gasteiger partial charge is 0.348 e. The van der Waals surface area contributed by atoms with Gasteiger partial charge in [-0.3, -0.25) is 14.6 Å². The summed E-state index contributed by atoms with van der Waals surface area (Å²) in [6.45, 7) is 2.86. The van der Waals surface area contributed by atoms with E-state index < -0.39 is 0 Å². The number of nitrogens with zero attached hydrogens (tertiary/aromatic N) is 1. The van der Waals surface area contributed by atoms with Gasteiger partial charge < -0.3 is 10.6 Å². The van der Waals surface area contributed by atoms with Gasteiger partial charge in [-0.2, -0.15) is 0 Å². The molecule has 0 saturated carbocycles. The molecular weight excluding hydrogens is 338 g/mol. The van der Waals surface area contributed by atoms with Crippen molar-refractivity contribution >= 4 is 11.8 Å². The summed E-state index contributed by atoms with van der Waals surface area (Å²) in [5.74, 6) is -0.430. The Labute approximate surface area is 158 Å². The quantitative estimate of drug-likeness (QED) is 0.710. The van der Waals surface area contributed by atoms with Crippen LogP contribution in [-0.4, -0.2) is 16.8 Å². The molecule has 27 heavy (non-hydrogen) atoms. The third kappa shape index (κ3) is 5.25. The van der Waals surface area contributed by atoms with Crippen LogP contribution in [0.1, 0.15) is 37.4 Å². The summed E-state index contributed by atoms with van der Waals surface area (Å²) in [7, 11) is 0. The molecule has 1 aromatic heterocycles. The molecule has 3 aromatic rings. The normalized spacial score (nSPS) is 10.3. The van der Waals surface area contributed by atoms with Gasteiger partial charge in [-0.25, -0.2) is 0 Å². The Kier molecular flexibility index (Phi) is 5.94. The number of nitrogens with one attached hydrogen (secondary N) is 2. The molecular formula is C22H21N3O2. The van der Waals surface area contributed by atoms with Gasteiger partial charge in [-0.05, 0) is 48.4 Å². The first-order chi connectivity index (χ1) is 13.1. The molecule has 0 spiro atoms. The second kappa shape index (κ2) is 8.76. The maximum absolute atomic E-state index is 12.4. The molecule has 0 unspecified atom stereocenters. The third-order valence-electron chi connectivity index (χ3n) is 4.12. The first kappa shape index (κ1) is 18.3. The smallest absolute Gasteiger partial charge is 0.251 e.